The summed E-state index contributed by atoms with van der Waals surface area (Å²) in [5.41, 5.74) is 3.65. The molecule has 1 fully saturated rings. The molecule has 1 aliphatic carbocycles. The monoisotopic (exact) mass is 313 g/mol. The van der Waals surface area contributed by atoms with Crippen molar-refractivity contribution in [1.82, 2.24) is 4.57 Å². The summed E-state index contributed by atoms with van der Waals surface area (Å²) < 4.78 is 13.4. The van der Waals surface area contributed by atoms with Crippen LogP contribution in [0.4, 0.5) is 0 Å². The Bertz CT molecular complexity index is 654. The van der Waals surface area contributed by atoms with E-state index in [1.54, 1.807) is 14.2 Å². The van der Waals surface area contributed by atoms with E-state index in [-0.39, 0.29) is 0 Å². The lowest BCUT2D eigenvalue weighted by atomic mass is 9.89. The molecule has 0 atom stereocenters. The van der Waals surface area contributed by atoms with Gasteiger partial charge in [-0.05, 0) is 56.0 Å². The number of hydrogen-bond donors (Lipinski definition) is 0. The molecular formula is C20H27NO2. The summed E-state index contributed by atoms with van der Waals surface area (Å²) >= 11 is 0. The molecule has 0 bridgehead atoms. The van der Waals surface area contributed by atoms with Crippen LogP contribution in [0.25, 0.3) is 11.3 Å². The highest BCUT2D eigenvalue weighted by Gasteiger charge is 2.18. The van der Waals surface area contributed by atoms with Gasteiger partial charge in [-0.3, -0.25) is 0 Å². The van der Waals surface area contributed by atoms with Crippen LogP contribution < -0.4 is 9.47 Å². The van der Waals surface area contributed by atoms with Gasteiger partial charge in [0.05, 0.1) is 19.9 Å². The molecule has 3 heteroatoms. The summed E-state index contributed by atoms with van der Waals surface area (Å²) in [6, 6.07) is 10.4. The highest BCUT2D eigenvalue weighted by atomic mass is 16.5. The third-order valence-electron chi connectivity index (χ3n) is 5.05. The zero-order valence-corrected chi connectivity index (χ0v) is 14.5. The second kappa shape index (κ2) is 7.12. The van der Waals surface area contributed by atoms with Gasteiger partial charge in [0.15, 0.2) is 0 Å². The van der Waals surface area contributed by atoms with Gasteiger partial charge in [-0.1, -0.05) is 19.3 Å². The number of nitrogens with zero attached hydrogens (tertiary/aromatic N) is 1. The van der Waals surface area contributed by atoms with E-state index >= 15 is 0 Å². The van der Waals surface area contributed by atoms with Crippen LogP contribution in [0.15, 0.2) is 30.3 Å². The normalized spacial score (nSPS) is 15.6. The molecule has 1 aromatic carbocycles. The number of benzene rings is 1. The minimum absolute atomic E-state index is 0.796. The minimum Gasteiger partial charge on any atom is -0.497 e. The third-order valence-corrected chi connectivity index (χ3v) is 5.05. The molecule has 0 unspecified atom stereocenters. The first-order valence-corrected chi connectivity index (χ1v) is 8.61. The van der Waals surface area contributed by atoms with Crippen LogP contribution in [0.3, 0.4) is 0 Å². The zero-order valence-electron chi connectivity index (χ0n) is 14.5. The summed E-state index contributed by atoms with van der Waals surface area (Å²) in [7, 11) is 3.44. The highest BCUT2D eigenvalue weighted by Crippen LogP contribution is 2.36. The second-order valence-corrected chi connectivity index (χ2v) is 6.54. The molecule has 0 spiro atoms. The largest absolute Gasteiger partial charge is 0.497 e. The lowest BCUT2D eigenvalue weighted by Gasteiger charge is -2.24. The quantitative estimate of drug-likeness (QED) is 0.770. The molecule has 23 heavy (non-hydrogen) atoms. The van der Waals surface area contributed by atoms with E-state index in [0.717, 1.165) is 29.5 Å². The first-order valence-electron chi connectivity index (χ1n) is 8.61. The van der Waals surface area contributed by atoms with Crippen LogP contribution in [-0.4, -0.2) is 18.8 Å². The maximum atomic E-state index is 5.58. The molecule has 3 nitrogen and oxygen atoms in total. The van der Waals surface area contributed by atoms with Gasteiger partial charge in [0, 0.05) is 17.8 Å². The summed E-state index contributed by atoms with van der Waals surface area (Å²) in [5, 5.41) is 0. The molecule has 1 heterocycles. The summed E-state index contributed by atoms with van der Waals surface area (Å²) in [4.78, 5) is 0. The van der Waals surface area contributed by atoms with E-state index in [9.17, 15) is 0 Å². The molecule has 3 rings (SSSR count). The Morgan fingerprint density at radius 2 is 1.78 bits per heavy atom. The van der Waals surface area contributed by atoms with Crippen LogP contribution in [0.2, 0.25) is 0 Å². The van der Waals surface area contributed by atoms with Crippen molar-refractivity contribution >= 4 is 0 Å². The van der Waals surface area contributed by atoms with Gasteiger partial charge in [0.25, 0.3) is 0 Å². The van der Waals surface area contributed by atoms with E-state index < -0.39 is 0 Å². The number of methoxy groups -OCH3 is 2. The number of ether oxygens (including phenoxy) is 2. The average molecular weight is 313 g/mol. The summed E-state index contributed by atoms with van der Waals surface area (Å²) in [6.07, 6.45) is 6.86. The molecule has 0 saturated heterocycles. The maximum absolute atomic E-state index is 5.58. The smallest absolute Gasteiger partial charge is 0.128 e. The number of rotatable bonds is 5. The molecule has 0 aliphatic heterocycles. The summed E-state index contributed by atoms with van der Waals surface area (Å²) in [5.74, 6) is 2.56. The number of hydrogen-bond acceptors (Lipinski definition) is 2. The Kier molecular flexibility index (Phi) is 4.94. The Morgan fingerprint density at radius 3 is 2.48 bits per heavy atom. The molecule has 0 N–H and O–H groups in total. The Labute approximate surface area is 139 Å². The van der Waals surface area contributed by atoms with Crippen molar-refractivity contribution in [3.8, 4) is 22.8 Å². The topological polar surface area (TPSA) is 23.4 Å². The predicted octanol–water partition coefficient (Wildman–Crippen LogP) is 5.06. The van der Waals surface area contributed by atoms with Crippen LogP contribution in [0, 0.1) is 12.8 Å². The van der Waals surface area contributed by atoms with E-state index in [0.29, 0.717) is 0 Å². The van der Waals surface area contributed by atoms with E-state index in [1.165, 1.54) is 43.5 Å². The van der Waals surface area contributed by atoms with Crippen LogP contribution in [0.5, 0.6) is 11.5 Å². The number of aryl methyl sites for hydroxylation is 1. The second-order valence-electron chi connectivity index (χ2n) is 6.54. The fraction of sp³-hybridized carbons (Fsp3) is 0.500. The van der Waals surface area contributed by atoms with Crippen LogP contribution in [-0.2, 0) is 6.54 Å². The first kappa shape index (κ1) is 16.0. The van der Waals surface area contributed by atoms with E-state index in [1.807, 2.05) is 12.1 Å². The lowest BCUT2D eigenvalue weighted by Crippen LogP contribution is -2.15. The standard InChI is InChI=1S/C20H27NO2/c1-15-9-11-19(21(15)14-16-7-5-4-6-8-16)18-13-17(22-2)10-12-20(18)23-3/h9-13,16H,4-8,14H2,1-3H3. The molecule has 1 aromatic heterocycles. The first-order chi connectivity index (χ1) is 11.2. The van der Waals surface area contributed by atoms with Crippen molar-refractivity contribution in [2.75, 3.05) is 14.2 Å². The fourth-order valence-electron chi connectivity index (χ4n) is 3.69. The lowest BCUT2D eigenvalue weighted by molar-refractivity contribution is 0.319. The fourth-order valence-corrected chi connectivity index (χ4v) is 3.69. The van der Waals surface area contributed by atoms with Crippen LogP contribution in [0.1, 0.15) is 37.8 Å². The molecule has 0 radical (unpaired) electrons. The highest BCUT2D eigenvalue weighted by molar-refractivity contribution is 5.70. The van der Waals surface area contributed by atoms with Gasteiger partial charge >= 0.3 is 0 Å². The Morgan fingerprint density at radius 1 is 1.00 bits per heavy atom. The average Bonchev–Trinajstić information content (AvgIpc) is 2.96. The van der Waals surface area contributed by atoms with Gasteiger partial charge in [-0.2, -0.15) is 0 Å². The number of aromatic nitrogens is 1. The van der Waals surface area contributed by atoms with Crippen LogP contribution >= 0.6 is 0 Å². The minimum atomic E-state index is 0.796. The van der Waals surface area contributed by atoms with Gasteiger partial charge in [-0.25, -0.2) is 0 Å². The summed E-state index contributed by atoms with van der Waals surface area (Å²) in [6.45, 7) is 3.30. The molecule has 0 amide bonds. The van der Waals surface area contributed by atoms with Gasteiger partial charge < -0.3 is 14.0 Å². The SMILES string of the molecule is COc1ccc(OC)c(-c2ccc(C)n2CC2CCCCC2)c1. The van der Waals surface area contributed by atoms with E-state index in [2.05, 4.69) is 29.7 Å². The third kappa shape index (κ3) is 3.39. The molecule has 2 aromatic rings. The predicted molar refractivity (Wildman–Crippen MR) is 94.3 cm³/mol. The van der Waals surface area contributed by atoms with Crippen molar-refractivity contribution < 1.29 is 9.47 Å². The van der Waals surface area contributed by atoms with Crippen molar-refractivity contribution in [2.45, 2.75) is 45.6 Å². The molecular weight excluding hydrogens is 286 g/mol. The van der Waals surface area contributed by atoms with Crippen molar-refractivity contribution in [3.05, 3.63) is 36.0 Å². The molecule has 124 valence electrons. The zero-order chi connectivity index (χ0) is 16.2. The van der Waals surface area contributed by atoms with Crippen molar-refractivity contribution in [1.29, 1.82) is 0 Å². The van der Waals surface area contributed by atoms with Crippen molar-refractivity contribution in [3.63, 3.8) is 0 Å². The Hall–Kier alpha value is -1.90. The van der Waals surface area contributed by atoms with E-state index in [4.69, 9.17) is 9.47 Å². The van der Waals surface area contributed by atoms with Crippen molar-refractivity contribution in [2.24, 2.45) is 5.92 Å². The van der Waals surface area contributed by atoms with Gasteiger partial charge in [-0.15, -0.1) is 0 Å². The van der Waals surface area contributed by atoms with Gasteiger partial charge in [0.2, 0.25) is 0 Å². The Balaban J connectivity index is 1.97. The maximum Gasteiger partial charge on any atom is 0.128 e. The molecule has 1 saturated carbocycles. The van der Waals surface area contributed by atoms with Gasteiger partial charge in [0.1, 0.15) is 11.5 Å². The molecule has 1 aliphatic rings.